The van der Waals surface area contributed by atoms with Gasteiger partial charge < -0.3 is 9.84 Å². The van der Waals surface area contributed by atoms with Crippen LogP contribution in [0.5, 0.6) is 11.5 Å². The highest BCUT2D eigenvalue weighted by atomic mass is 35.5. The van der Waals surface area contributed by atoms with Gasteiger partial charge in [-0.1, -0.05) is 23.7 Å². The summed E-state index contributed by atoms with van der Waals surface area (Å²) in [5, 5.41) is 13.0. The molecule has 0 saturated carbocycles. The zero-order valence-corrected chi connectivity index (χ0v) is 14.8. The molecule has 4 nitrogen and oxygen atoms in total. The van der Waals surface area contributed by atoms with Gasteiger partial charge in [0.15, 0.2) is 17.3 Å². The van der Waals surface area contributed by atoms with Crippen molar-refractivity contribution in [2.24, 2.45) is 0 Å². The van der Waals surface area contributed by atoms with Gasteiger partial charge in [-0.15, -0.1) is 11.3 Å². The van der Waals surface area contributed by atoms with Crippen LogP contribution in [0.15, 0.2) is 53.9 Å². The predicted molar refractivity (Wildman–Crippen MR) is 101 cm³/mol. The van der Waals surface area contributed by atoms with Gasteiger partial charge in [-0.25, -0.2) is 4.98 Å². The van der Waals surface area contributed by atoms with Gasteiger partial charge in [-0.05, 0) is 42.5 Å². The highest BCUT2D eigenvalue weighted by Gasteiger charge is 2.08. The van der Waals surface area contributed by atoms with Crippen molar-refractivity contribution in [2.75, 3.05) is 7.11 Å². The standard InChI is InChI=1S/C19H14ClNO3S/c1-24-18-10-13(4-8-17(18)23)16(22)9-7-15-11-25-19(21-15)12-2-5-14(20)6-3-12/h2-11,23H,1H3. The Kier molecular flexibility index (Phi) is 5.16. The summed E-state index contributed by atoms with van der Waals surface area (Å²) < 4.78 is 5.01. The van der Waals surface area contributed by atoms with E-state index in [9.17, 15) is 9.90 Å². The Morgan fingerprint density at radius 3 is 2.72 bits per heavy atom. The molecule has 0 aliphatic rings. The topological polar surface area (TPSA) is 59.4 Å². The molecule has 0 radical (unpaired) electrons. The summed E-state index contributed by atoms with van der Waals surface area (Å²) in [7, 11) is 1.44. The fraction of sp³-hybridized carbons (Fsp3) is 0.0526. The van der Waals surface area contributed by atoms with Crippen LogP contribution in [0.3, 0.4) is 0 Å². The van der Waals surface area contributed by atoms with Crippen molar-refractivity contribution < 1.29 is 14.6 Å². The molecule has 0 aliphatic heterocycles. The van der Waals surface area contributed by atoms with Gasteiger partial charge in [0.25, 0.3) is 0 Å². The zero-order valence-electron chi connectivity index (χ0n) is 13.3. The third-order valence-electron chi connectivity index (χ3n) is 3.48. The minimum atomic E-state index is -0.195. The molecule has 0 bridgehead atoms. The number of halogens is 1. The third-order valence-corrected chi connectivity index (χ3v) is 4.64. The number of rotatable bonds is 5. The molecule has 0 saturated heterocycles. The SMILES string of the molecule is COc1cc(C(=O)C=Cc2csc(-c3ccc(Cl)cc3)n2)ccc1O. The summed E-state index contributed by atoms with van der Waals surface area (Å²) in [6.45, 7) is 0. The zero-order chi connectivity index (χ0) is 17.8. The molecule has 0 amide bonds. The molecule has 3 aromatic rings. The molecule has 0 atom stereocenters. The third kappa shape index (κ3) is 4.07. The first-order chi connectivity index (χ1) is 12.1. The number of phenols is 1. The molecule has 1 N–H and O–H groups in total. The number of carbonyl (C=O) groups excluding carboxylic acids is 1. The lowest BCUT2D eigenvalue weighted by Crippen LogP contribution is -1.95. The highest BCUT2D eigenvalue weighted by molar-refractivity contribution is 7.13. The van der Waals surface area contributed by atoms with E-state index in [1.165, 1.54) is 36.7 Å². The highest BCUT2D eigenvalue weighted by Crippen LogP contribution is 2.27. The number of carbonyl (C=O) groups is 1. The van der Waals surface area contributed by atoms with Gasteiger partial charge in [0.1, 0.15) is 5.01 Å². The maximum atomic E-state index is 12.2. The number of allylic oxidation sites excluding steroid dienone is 1. The summed E-state index contributed by atoms with van der Waals surface area (Å²) >= 11 is 7.38. The lowest BCUT2D eigenvalue weighted by atomic mass is 10.1. The number of nitrogens with zero attached hydrogens (tertiary/aromatic N) is 1. The summed E-state index contributed by atoms with van der Waals surface area (Å²) in [5.74, 6) is 0.0624. The van der Waals surface area contributed by atoms with Crippen molar-refractivity contribution in [2.45, 2.75) is 0 Å². The normalized spacial score (nSPS) is 11.0. The largest absolute Gasteiger partial charge is 0.504 e. The van der Waals surface area contributed by atoms with Crippen molar-refractivity contribution in [3.05, 3.63) is 70.2 Å². The Morgan fingerprint density at radius 2 is 2.00 bits per heavy atom. The van der Waals surface area contributed by atoms with Gasteiger partial charge in [0.05, 0.1) is 12.8 Å². The lowest BCUT2D eigenvalue weighted by Gasteiger charge is -2.04. The number of aromatic nitrogens is 1. The van der Waals surface area contributed by atoms with Gasteiger partial charge in [-0.2, -0.15) is 0 Å². The number of ketones is 1. The maximum Gasteiger partial charge on any atom is 0.186 e. The molecule has 25 heavy (non-hydrogen) atoms. The molecule has 0 aliphatic carbocycles. The van der Waals surface area contributed by atoms with Crippen LogP contribution in [0, 0.1) is 0 Å². The number of hydrogen-bond donors (Lipinski definition) is 1. The van der Waals surface area contributed by atoms with E-state index in [0.29, 0.717) is 16.3 Å². The van der Waals surface area contributed by atoms with Crippen LogP contribution in [0.1, 0.15) is 16.1 Å². The van der Waals surface area contributed by atoms with Crippen LogP contribution in [-0.4, -0.2) is 23.0 Å². The molecule has 2 aromatic carbocycles. The summed E-state index contributed by atoms with van der Waals surface area (Å²) in [4.78, 5) is 16.7. The molecule has 0 spiro atoms. The summed E-state index contributed by atoms with van der Waals surface area (Å²) in [5.41, 5.74) is 2.11. The van der Waals surface area contributed by atoms with E-state index in [1.807, 2.05) is 29.6 Å². The first-order valence-corrected chi connectivity index (χ1v) is 8.63. The van der Waals surface area contributed by atoms with E-state index in [-0.39, 0.29) is 17.3 Å². The Morgan fingerprint density at radius 1 is 1.24 bits per heavy atom. The molecule has 6 heteroatoms. The number of ether oxygens (including phenoxy) is 1. The number of hydrogen-bond acceptors (Lipinski definition) is 5. The van der Waals surface area contributed by atoms with Gasteiger partial charge in [-0.3, -0.25) is 4.79 Å². The van der Waals surface area contributed by atoms with Gasteiger partial charge >= 0.3 is 0 Å². The van der Waals surface area contributed by atoms with E-state index >= 15 is 0 Å². The van der Waals surface area contributed by atoms with Crippen molar-refractivity contribution in [1.29, 1.82) is 0 Å². The van der Waals surface area contributed by atoms with E-state index in [1.54, 1.807) is 12.1 Å². The number of thiazole rings is 1. The molecule has 0 unspecified atom stereocenters. The quantitative estimate of drug-likeness (QED) is 0.502. The summed E-state index contributed by atoms with van der Waals surface area (Å²) in [6.07, 6.45) is 3.12. The average molecular weight is 372 g/mol. The second-order valence-electron chi connectivity index (χ2n) is 5.17. The molecule has 0 fully saturated rings. The number of aromatic hydroxyl groups is 1. The fourth-order valence-corrected chi connectivity index (χ4v) is 3.10. The second-order valence-corrected chi connectivity index (χ2v) is 6.46. The molecule has 1 heterocycles. The second kappa shape index (κ2) is 7.51. The molecule has 3 rings (SSSR count). The maximum absolute atomic E-state index is 12.2. The molecular formula is C19H14ClNO3S. The van der Waals surface area contributed by atoms with Crippen molar-refractivity contribution in [3.63, 3.8) is 0 Å². The van der Waals surface area contributed by atoms with Crippen LogP contribution in [0.4, 0.5) is 0 Å². The Balaban J connectivity index is 1.76. The minimum absolute atomic E-state index is 0.00450. The van der Waals surface area contributed by atoms with Crippen LogP contribution < -0.4 is 4.74 Å². The molecule has 126 valence electrons. The first-order valence-electron chi connectivity index (χ1n) is 7.37. The van der Waals surface area contributed by atoms with Crippen LogP contribution in [-0.2, 0) is 0 Å². The number of benzene rings is 2. The van der Waals surface area contributed by atoms with Crippen LogP contribution in [0.2, 0.25) is 5.02 Å². The predicted octanol–water partition coefficient (Wildman–Crippen LogP) is 5.07. The minimum Gasteiger partial charge on any atom is -0.504 e. The number of phenolic OH excluding ortho intramolecular Hbond substituents is 1. The lowest BCUT2D eigenvalue weighted by molar-refractivity contribution is 0.104. The van der Waals surface area contributed by atoms with Crippen LogP contribution >= 0.6 is 22.9 Å². The van der Waals surface area contributed by atoms with E-state index in [2.05, 4.69) is 4.98 Å². The molecule has 1 aromatic heterocycles. The van der Waals surface area contributed by atoms with E-state index in [0.717, 1.165) is 10.6 Å². The fourth-order valence-electron chi connectivity index (χ4n) is 2.18. The van der Waals surface area contributed by atoms with Crippen molar-refractivity contribution >= 4 is 34.8 Å². The smallest absolute Gasteiger partial charge is 0.186 e. The Labute approximate surface area is 154 Å². The monoisotopic (exact) mass is 371 g/mol. The average Bonchev–Trinajstić information content (AvgIpc) is 3.09. The van der Waals surface area contributed by atoms with Crippen molar-refractivity contribution in [3.8, 4) is 22.1 Å². The van der Waals surface area contributed by atoms with Gasteiger partial charge in [0.2, 0.25) is 0 Å². The Bertz CT molecular complexity index is 932. The number of methoxy groups -OCH3 is 1. The Hall–Kier alpha value is -2.63. The van der Waals surface area contributed by atoms with Crippen LogP contribution in [0.25, 0.3) is 16.6 Å². The van der Waals surface area contributed by atoms with E-state index < -0.39 is 0 Å². The summed E-state index contributed by atoms with van der Waals surface area (Å²) in [6, 6.07) is 11.9. The van der Waals surface area contributed by atoms with Crippen molar-refractivity contribution in [1.82, 2.24) is 4.98 Å². The molecular weight excluding hydrogens is 358 g/mol. The first kappa shape index (κ1) is 17.2. The van der Waals surface area contributed by atoms with Gasteiger partial charge in [0, 0.05) is 21.5 Å². The van der Waals surface area contributed by atoms with E-state index in [4.69, 9.17) is 16.3 Å².